The third-order valence-corrected chi connectivity index (χ3v) is 7.21. The van der Waals surface area contributed by atoms with Crippen LogP contribution in [0, 0.1) is 17.8 Å². The smallest absolute Gasteiger partial charge is 0.280 e. The number of aromatic nitrogens is 2. The van der Waals surface area contributed by atoms with Crippen LogP contribution >= 0.6 is 11.8 Å². The lowest BCUT2D eigenvalue weighted by atomic mass is 9.99. The molecule has 1 saturated carbocycles. The number of anilines is 1. The van der Waals surface area contributed by atoms with E-state index in [1.54, 1.807) is 11.0 Å². The first-order valence-corrected chi connectivity index (χ1v) is 13.3. The lowest BCUT2D eigenvalue weighted by Crippen LogP contribution is -2.32. The summed E-state index contributed by atoms with van der Waals surface area (Å²) in [5.74, 6) is 6.63. The van der Waals surface area contributed by atoms with Crippen LogP contribution in [0.2, 0.25) is 0 Å². The Morgan fingerprint density at radius 2 is 2.03 bits per heavy atom. The molecule has 2 aliphatic heterocycles. The van der Waals surface area contributed by atoms with E-state index in [9.17, 15) is 18.4 Å². The summed E-state index contributed by atoms with van der Waals surface area (Å²) in [6.07, 6.45) is 4.84. The standard InChI is InChI=1S/C26H26F2N6O3S/c1-37-20-14-29-19(24(27)28)11-17(20)16-12-21(34-10-4-2-3-5-23(34)35)30-13-18(16)25(36)31-26-33-32-22(38-26)9-8-15-6-7-15/h11-15,22,24,32H,2-7,10H2,1H3,(H,31,33,36). The highest BCUT2D eigenvalue weighted by Gasteiger charge is 2.27. The molecule has 2 aromatic heterocycles. The topological polar surface area (TPSA) is 109 Å². The average molecular weight is 541 g/mol. The number of amides is 2. The number of rotatable bonds is 5. The van der Waals surface area contributed by atoms with E-state index in [4.69, 9.17) is 4.74 Å². The van der Waals surface area contributed by atoms with E-state index in [2.05, 4.69) is 37.7 Å². The number of pyridine rings is 2. The first kappa shape index (κ1) is 25.9. The van der Waals surface area contributed by atoms with Gasteiger partial charge < -0.3 is 4.74 Å². The molecule has 0 spiro atoms. The van der Waals surface area contributed by atoms with E-state index in [0.29, 0.717) is 29.9 Å². The highest BCUT2D eigenvalue weighted by molar-refractivity contribution is 8.14. The summed E-state index contributed by atoms with van der Waals surface area (Å²) in [7, 11) is 1.39. The Bertz CT molecular complexity index is 1340. The molecule has 2 aromatic rings. The summed E-state index contributed by atoms with van der Waals surface area (Å²) >= 11 is 1.27. The van der Waals surface area contributed by atoms with Crippen LogP contribution in [0.3, 0.4) is 0 Å². The van der Waals surface area contributed by atoms with Crippen LogP contribution in [0.4, 0.5) is 14.6 Å². The number of methoxy groups -OCH3 is 1. The maximum absolute atomic E-state index is 13.6. The van der Waals surface area contributed by atoms with E-state index < -0.39 is 18.0 Å². The summed E-state index contributed by atoms with van der Waals surface area (Å²) in [4.78, 5) is 35.9. The van der Waals surface area contributed by atoms with Gasteiger partial charge in [0.2, 0.25) is 5.91 Å². The Morgan fingerprint density at radius 3 is 2.79 bits per heavy atom. The highest BCUT2D eigenvalue weighted by atomic mass is 32.2. The second kappa shape index (κ2) is 11.3. The number of ether oxygens (including phenoxy) is 1. The minimum atomic E-state index is -2.82. The van der Waals surface area contributed by atoms with Crippen molar-refractivity contribution in [3.63, 3.8) is 0 Å². The van der Waals surface area contributed by atoms with E-state index in [1.807, 2.05) is 0 Å². The fraction of sp³-hybridized carbons (Fsp3) is 0.423. The van der Waals surface area contributed by atoms with Crippen molar-refractivity contribution in [2.75, 3.05) is 18.6 Å². The minimum absolute atomic E-state index is 0.0748. The molecule has 1 saturated heterocycles. The molecule has 1 aliphatic carbocycles. The maximum atomic E-state index is 13.6. The van der Waals surface area contributed by atoms with Crippen molar-refractivity contribution in [2.24, 2.45) is 11.0 Å². The number of carbonyl (C=O) groups excluding carboxylic acids is 2. The molecule has 4 heterocycles. The molecule has 12 heteroatoms. The van der Waals surface area contributed by atoms with Crippen LogP contribution in [0.1, 0.15) is 61.0 Å². The number of nitrogens with zero attached hydrogens (tertiary/aromatic N) is 4. The fourth-order valence-corrected chi connectivity index (χ4v) is 4.87. The fourth-order valence-electron chi connectivity index (χ4n) is 4.16. The number of amidine groups is 1. The lowest BCUT2D eigenvalue weighted by molar-refractivity contribution is -0.118. The van der Waals surface area contributed by atoms with Gasteiger partial charge in [0.1, 0.15) is 17.3 Å². The van der Waals surface area contributed by atoms with Crippen molar-refractivity contribution in [1.82, 2.24) is 20.7 Å². The van der Waals surface area contributed by atoms with E-state index in [0.717, 1.165) is 32.1 Å². The van der Waals surface area contributed by atoms with Crippen LogP contribution in [0.25, 0.3) is 11.1 Å². The predicted octanol–water partition coefficient (Wildman–Crippen LogP) is 4.07. The lowest BCUT2D eigenvalue weighted by Gasteiger charge is -2.22. The zero-order valence-corrected chi connectivity index (χ0v) is 21.5. The van der Waals surface area contributed by atoms with Gasteiger partial charge in [-0.2, -0.15) is 5.10 Å². The SMILES string of the molecule is COc1cnc(C(F)F)cc1-c1cc(N2CCCCCC2=O)ncc1C(=O)NC1=NNC(C#CC2CC2)S1. The molecule has 9 nitrogen and oxygen atoms in total. The van der Waals surface area contributed by atoms with Gasteiger partial charge in [0.25, 0.3) is 12.3 Å². The van der Waals surface area contributed by atoms with Gasteiger partial charge in [-0.15, -0.1) is 0 Å². The van der Waals surface area contributed by atoms with Crippen molar-refractivity contribution in [3.8, 4) is 28.7 Å². The van der Waals surface area contributed by atoms with Crippen molar-refractivity contribution in [3.05, 3.63) is 35.8 Å². The first-order chi connectivity index (χ1) is 18.4. The van der Waals surface area contributed by atoms with Gasteiger partial charge in [-0.1, -0.05) is 18.3 Å². The van der Waals surface area contributed by atoms with Gasteiger partial charge in [0.15, 0.2) is 10.5 Å². The summed E-state index contributed by atoms with van der Waals surface area (Å²) < 4.78 is 32.5. The molecule has 0 bridgehead atoms. The monoisotopic (exact) mass is 540 g/mol. The molecule has 2 N–H and O–H groups in total. The van der Waals surface area contributed by atoms with Gasteiger partial charge in [0.05, 0.1) is 18.9 Å². The molecule has 38 heavy (non-hydrogen) atoms. The van der Waals surface area contributed by atoms with Gasteiger partial charge >= 0.3 is 0 Å². The molecular formula is C26H26F2N6O3S. The second-order valence-electron chi connectivity index (χ2n) is 9.12. The Kier molecular flexibility index (Phi) is 7.74. The minimum Gasteiger partial charge on any atom is -0.494 e. The summed E-state index contributed by atoms with van der Waals surface area (Å²) in [6.45, 7) is 0.481. The van der Waals surface area contributed by atoms with Gasteiger partial charge in [-0.25, -0.2) is 13.8 Å². The summed E-state index contributed by atoms with van der Waals surface area (Å²) in [6, 6.07) is 2.76. The third kappa shape index (κ3) is 5.88. The second-order valence-corrected chi connectivity index (χ2v) is 10.2. The Morgan fingerprint density at radius 1 is 1.18 bits per heavy atom. The molecule has 1 unspecified atom stereocenters. The van der Waals surface area contributed by atoms with Crippen LogP contribution < -0.4 is 20.4 Å². The van der Waals surface area contributed by atoms with Crippen LogP contribution in [0.15, 0.2) is 29.6 Å². The number of hydrazone groups is 1. The number of hydrogen-bond acceptors (Lipinski definition) is 8. The Labute approximate surface area is 222 Å². The molecule has 2 amide bonds. The number of halogens is 2. The normalized spacial score (nSPS) is 19.3. The van der Waals surface area contributed by atoms with Crippen molar-refractivity contribution in [1.29, 1.82) is 0 Å². The Balaban J connectivity index is 1.49. The molecule has 2 fully saturated rings. The van der Waals surface area contributed by atoms with Gasteiger partial charge in [-0.05, 0) is 49.6 Å². The predicted molar refractivity (Wildman–Crippen MR) is 140 cm³/mol. The molecular weight excluding hydrogens is 514 g/mol. The van der Waals surface area contributed by atoms with Crippen LogP contribution in [-0.4, -0.2) is 46.0 Å². The summed E-state index contributed by atoms with van der Waals surface area (Å²) in [5, 5.41) is 6.97. The first-order valence-electron chi connectivity index (χ1n) is 12.4. The van der Waals surface area contributed by atoms with Gasteiger partial charge in [0, 0.05) is 36.2 Å². The van der Waals surface area contributed by atoms with Gasteiger partial charge in [-0.3, -0.25) is 30.2 Å². The number of thioether (sulfide) groups is 1. The van der Waals surface area contributed by atoms with Crippen LogP contribution in [0.5, 0.6) is 5.75 Å². The maximum Gasteiger partial charge on any atom is 0.280 e. The molecule has 1 atom stereocenters. The third-order valence-electron chi connectivity index (χ3n) is 6.34. The largest absolute Gasteiger partial charge is 0.494 e. The van der Waals surface area contributed by atoms with E-state index >= 15 is 0 Å². The molecule has 3 aliphatic rings. The van der Waals surface area contributed by atoms with Crippen molar-refractivity contribution < 1.29 is 23.1 Å². The molecule has 5 rings (SSSR count). The highest BCUT2D eigenvalue weighted by Crippen LogP contribution is 2.36. The molecule has 0 radical (unpaired) electrons. The zero-order chi connectivity index (χ0) is 26.6. The molecule has 0 aromatic carbocycles. The summed E-state index contributed by atoms with van der Waals surface area (Å²) in [5.41, 5.74) is 3.05. The number of hydrogen-bond donors (Lipinski definition) is 2. The zero-order valence-electron chi connectivity index (χ0n) is 20.7. The molecule has 198 valence electrons. The quantitative estimate of drug-likeness (QED) is 0.551. The number of alkyl halides is 2. The van der Waals surface area contributed by atoms with E-state index in [-0.39, 0.29) is 33.7 Å². The van der Waals surface area contributed by atoms with Crippen LogP contribution in [-0.2, 0) is 4.79 Å². The average Bonchev–Trinajstić information content (AvgIpc) is 3.69. The number of carbonyl (C=O) groups is 2. The number of nitrogens with one attached hydrogen (secondary N) is 2. The van der Waals surface area contributed by atoms with E-state index in [1.165, 1.54) is 37.3 Å². The van der Waals surface area contributed by atoms with Crippen molar-refractivity contribution >= 4 is 34.6 Å². The Hall–Kier alpha value is -3.72. The van der Waals surface area contributed by atoms with Crippen molar-refractivity contribution in [2.45, 2.75) is 50.3 Å².